The predicted molar refractivity (Wildman–Crippen MR) is 146 cm³/mol. The Hall–Kier alpha value is -2.66. The Bertz CT molecular complexity index is 1310. The minimum atomic E-state index is -1.97. The molecule has 1 spiro atoms. The molecule has 202 valence electrons. The lowest BCUT2D eigenvalue weighted by atomic mass is 9.36. The van der Waals surface area contributed by atoms with Crippen molar-refractivity contribution in [2.24, 2.45) is 33.5 Å². The van der Waals surface area contributed by atoms with Crippen molar-refractivity contribution >= 4 is 23.1 Å². The van der Waals surface area contributed by atoms with Crippen LogP contribution in [0.2, 0.25) is 0 Å². The van der Waals surface area contributed by atoms with Gasteiger partial charge in [0.05, 0.1) is 17.1 Å². The molecular formula is C33H40O5. The van der Waals surface area contributed by atoms with E-state index in [4.69, 9.17) is 4.74 Å². The second-order valence-electron chi connectivity index (χ2n) is 13.7. The van der Waals surface area contributed by atoms with E-state index in [1.807, 2.05) is 73.6 Å². The number of benzene rings is 1. The van der Waals surface area contributed by atoms with E-state index in [1.165, 1.54) is 0 Å². The molecule has 6 rings (SSSR count). The van der Waals surface area contributed by atoms with Crippen molar-refractivity contribution in [1.82, 2.24) is 0 Å². The summed E-state index contributed by atoms with van der Waals surface area (Å²) in [5.41, 5.74) is -4.51. The van der Waals surface area contributed by atoms with E-state index in [9.17, 15) is 9.59 Å². The van der Waals surface area contributed by atoms with Crippen LogP contribution in [-0.4, -0.2) is 34.8 Å². The standard InChI is InChI=1S/C33H40O5/c1-19(2)14-15-31-18-22-17-23-30(7,8)38-24(16-20(3)4)32(23,26(31)35)28(37)33(27(31)36,29(22,5)6)25(34)21-12-10-9-11-13-21/h9-14,16,22-24H,15,17-18H2,1-8H3/t22-,23-,24-,31-,32+,33+/m0/s1. The first-order valence-electron chi connectivity index (χ1n) is 13.8. The molecule has 4 saturated carbocycles. The van der Waals surface area contributed by atoms with Gasteiger partial charge in [-0.3, -0.25) is 19.2 Å². The molecule has 5 fully saturated rings. The highest BCUT2D eigenvalue weighted by Crippen LogP contribution is 2.75. The average Bonchev–Trinajstić information content (AvgIpc) is 2.94. The molecule has 5 aliphatic rings. The van der Waals surface area contributed by atoms with Crippen molar-refractivity contribution < 1.29 is 23.9 Å². The molecule has 1 aromatic rings. The van der Waals surface area contributed by atoms with Crippen molar-refractivity contribution in [2.75, 3.05) is 0 Å². The SMILES string of the molecule is CC(C)=CC[C@]12C[C@@H]3C[C@H]4C(C)(C)O[C@@H](C=C(C)C)[C@]4(C1=O)C(=O)[C@@](C(=O)c1ccccc1)(C2=O)C3(C)C. The lowest BCUT2D eigenvalue weighted by Gasteiger charge is -2.60. The molecule has 4 aliphatic carbocycles. The first-order chi connectivity index (χ1) is 17.6. The molecule has 1 aliphatic heterocycles. The second-order valence-corrected chi connectivity index (χ2v) is 13.7. The average molecular weight is 517 g/mol. The van der Waals surface area contributed by atoms with Gasteiger partial charge in [-0.2, -0.15) is 0 Å². The minimum absolute atomic E-state index is 0.186. The van der Waals surface area contributed by atoms with Crippen LogP contribution in [0.1, 0.15) is 85.0 Å². The van der Waals surface area contributed by atoms with Gasteiger partial charge in [0.2, 0.25) is 0 Å². The Labute approximate surface area is 226 Å². The van der Waals surface area contributed by atoms with E-state index in [-0.39, 0.29) is 18.1 Å². The van der Waals surface area contributed by atoms with Gasteiger partial charge in [0.25, 0.3) is 0 Å². The Morgan fingerprint density at radius 1 is 0.921 bits per heavy atom. The van der Waals surface area contributed by atoms with Crippen LogP contribution in [0.3, 0.4) is 0 Å². The van der Waals surface area contributed by atoms with Gasteiger partial charge in [-0.05, 0) is 72.1 Å². The quantitative estimate of drug-likeness (QED) is 0.268. The molecule has 38 heavy (non-hydrogen) atoms. The fourth-order valence-corrected chi connectivity index (χ4v) is 8.50. The van der Waals surface area contributed by atoms with Crippen LogP contribution < -0.4 is 0 Å². The van der Waals surface area contributed by atoms with Crippen LogP contribution in [0.15, 0.2) is 53.6 Å². The molecule has 0 radical (unpaired) electrons. The Balaban J connectivity index is 1.93. The molecule has 0 N–H and O–H groups in total. The van der Waals surface area contributed by atoms with Gasteiger partial charge in [0.1, 0.15) is 5.41 Å². The molecule has 1 heterocycles. The molecule has 6 atom stereocenters. The lowest BCUT2D eigenvalue weighted by Crippen LogP contribution is -2.77. The summed E-state index contributed by atoms with van der Waals surface area (Å²) >= 11 is 0. The van der Waals surface area contributed by atoms with Crippen LogP contribution >= 0.6 is 0 Å². The van der Waals surface area contributed by atoms with E-state index < -0.39 is 56.6 Å². The molecule has 5 nitrogen and oxygen atoms in total. The summed E-state index contributed by atoms with van der Waals surface area (Å²) in [7, 11) is 0. The van der Waals surface area contributed by atoms with Crippen LogP contribution in [0, 0.1) is 33.5 Å². The summed E-state index contributed by atoms with van der Waals surface area (Å²) in [6, 6.07) is 8.67. The third-order valence-electron chi connectivity index (χ3n) is 10.4. The zero-order chi connectivity index (χ0) is 28.1. The van der Waals surface area contributed by atoms with E-state index in [0.29, 0.717) is 18.4 Å². The summed E-state index contributed by atoms with van der Waals surface area (Å²) in [5, 5.41) is 0. The van der Waals surface area contributed by atoms with Crippen LogP contribution in [-0.2, 0) is 19.1 Å². The summed E-state index contributed by atoms with van der Waals surface area (Å²) in [5.74, 6) is -2.46. The van der Waals surface area contributed by atoms with Gasteiger partial charge in [0, 0.05) is 11.5 Å². The topological polar surface area (TPSA) is 77.5 Å². The van der Waals surface area contributed by atoms with E-state index >= 15 is 9.59 Å². The van der Waals surface area contributed by atoms with Gasteiger partial charge in [-0.15, -0.1) is 0 Å². The number of hydrogen-bond acceptors (Lipinski definition) is 5. The summed E-state index contributed by atoms with van der Waals surface area (Å²) < 4.78 is 6.60. The lowest BCUT2D eigenvalue weighted by molar-refractivity contribution is -0.183. The highest BCUT2D eigenvalue weighted by molar-refractivity contribution is 6.42. The van der Waals surface area contributed by atoms with Gasteiger partial charge >= 0.3 is 0 Å². The summed E-state index contributed by atoms with van der Waals surface area (Å²) in [4.78, 5) is 60.1. The Morgan fingerprint density at radius 3 is 2.13 bits per heavy atom. The molecule has 4 bridgehead atoms. The normalized spacial score (nSPS) is 38.0. The van der Waals surface area contributed by atoms with Gasteiger partial charge in [-0.1, -0.05) is 67.5 Å². The van der Waals surface area contributed by atoms with Crippen LogP contribution in [0.5, 0.6) is 0 Å². The highest BCUT2D eigenvalue weighted by atomic mass is 16.5. The predicted octanol–water partition coefficient (Wildman–Crippen LogP) is 6.12. The molecule has 1 aromatic carbocycles. The largest absolute Gasteiger partial charge is 0.366 e. The number of ether oxygens (including phenoxy) is 1. The maximum absolute atomic E-state index is 15.3. The number of Topliss-reactive ketones (excluding diaryl/α,β-unsaturated/α-hetero) is 4. The molecule has 5 heteroatoms. The number of allylic oxidation sites excluding steroid dienone is 3. The summed E-state index contributed by atoms with van der Waals surface area (Å²) in [6.45, 7) is 15.5. The maximum atomic E-state index is 15.3. The highest BCUT2D eigenvalue weighted by Gasteiger charge is 2.87. The van der Waals surface area contributed by atoms with Crippen molar-refractivity contribution in [2.45, 2.75) is 86.4 Å². The summed E-state index contributed by atoms with van der Waals surface area (Å²) in [6.07, 6.45) is 4.08. The minimum Gasteiger partial charge on any atom is -0.366 e. The van der Waals surface area contributed by atoms with Crippen LogP contribution in [0.25, 0.3) is 0 Å². The molecule has 0 amide bonds. The molecular weight excluding hydrogens is 476 g/mol. The zero-order valence-corrected chi connectivity index (χ0v) is 23.9. The van der Waals surface area contributed by atoms with Crippen LogP contribution in [0.4, 0.5) is 0 Å². The fourth-order valence-electron chi connectivity index (χ4n) is 8.50. The molecule has 0 aromatic heterocycles. The number of hydrogen-bond donors (Lipinski definition) is 0. The Kier molecular flexibility index (Phi) is 5.79. The second kappa shape index (κ2) is 8.17. The molecule has 0 unspecified atom stereocenters. The first kappa shape index (κ1) is 26.9. The zero-order valence-electron chi connectivity index (χ0n) is 23.9. The van der Waals surface area contributed by atoms with Gasteiger partial charge in [0.15, 0.2) is 28.5 Å². The first-order valence-corrected chi connectivity index (χ1v) is 13.8. The molecule has 1 saturated heterocycles. The van der Waals surface area contributed by atoms with Crippen molar-refractivity contribution in [1.29, 1.82) is 0 Å². The van der Waals surface area contributed by atoms with Crippen molar-refractivity contribution in [3.63, 3.8) is 0 Å². The van der Waals surface area contributed by atoms with E-state index in [2.05, 4.69) is 0 Å². The van der Waals surface area contributed by atoms with Gasteiger partial charge < -0.3 is 4.74 Å². The monoisotopic (exact) mass is 516 g/mol. The van der Waals surface area contributed by atoms with Gasteiger partial charge in [-0.25, -0.2) is 0 Å². The van der Waals surface area contributed by atoms with Crippen molar-refractivity contribution in [3.8, 4) is 0 Å². The number of rotatable bonds is 5. The third kappa shape index (κ3) is 2.97. The fraction of sp³-hybridized carbons (Fsp3) is 0.576. The number of carbonyl (C=O) groups is 4. The number of ketones is 4. The van der Waals surface area contributed by atoms with Crippen molar-refractivity contribution in [3.05, 3.63) is 59.2 Å². The maximum Gasteiger partial charge on any atom is 0.184 e. The smallest absolute Gasteiger partial charge is 0.184 e. The van der Waals surface area contributed by atoms with E-state index in [1.54, 1.807) is 24.3 Å². The number of carbonyl (C=O) groups excluding carboxylic acids is 4. The Morgan fingerprint density at radius 2 is 1.55 bits per heavy atom. The third-order valence-corrected chi connectivity index (χ3v) is 10.4. The van der Waals surface area contributed by atoms with E-state index in [0.717, 1.165) is 11.1 Å².